The predicted molar refractivity (Wildman–Crippen MR) is 93.7 cm³/mol. The van der Waals surface area contributed by atoms with Crippen molar-refractivity contribution in [3.8, 4) is 17.1 Å². The zero-order valence-electron chi connectivity index (χ0n) is 15.1. The van der Waals surface area contributed by atoms with E-state index in [4.69, 9.17) is 14.4 Å². The van der Waals surface area contributed by atoms with Crippen molar-refractivity contribution < 1.29 is 24.0 Å². The Hall–Kier alpha value is -2.90. The van der Waals surface area contributed by atoms with Gasteiger partial charge >= 0.3 is 5.97 Å². The smallest absolute Gasteiger partial charge is 0.309 e. The molecule has 2 aromatic rings. The minimum Gasteiger partial charge on any atom is -0.497 e. The molecule has 0 spiro atoms. The van der Waals surface area contributed by atoms with Gasteiger partial charge in [0, 0.05) is 24.9 Å². The number of amides is 1. The summed E-state index contributed by atoms with van der Waals surface area (Å²) in [6.45, 7) is 3.56. The Bertz CT molecular complexity index is 752. The molecule has 1 heterocycles. The molecule has 0 saturated carbocycles. The molecule has 0 unspecified atom stereocenters. The summed E-state index contributed by atoms with van der Waals surface area (Å²) in [6, 6.07) is 7.25. The zero-order valence-corrected chi connectivity index (χ0v) is 15.1. The maximum absolute atomic E-state index is 11.9. The van der Waals surface area contributed by atoms with E-state index in [0.717, 1.165) is 11.3 Å². The molecule has 0 saturated heterocycles. The third-order valence-corrected chi connectivity index (χ3v) is 4.03. The summed E-state index contributed by atoms with van der Waals surface area (Å²) >= 11 is 0. The molecule has 2 N–H and O–H groups in total. The van der Waals surface area contributed by atoms with Crippen molar-refractivity contribution in [1.82, 2.24) is 15.5 Å². The maximum atomic E-state index is 11.9. The van der Waals surface area contributed by atoms with Crippen LogP contribution in [0.15, 0.2) is 28.8 Å². The van der Waals surface area contributed by atoms with Gasteiger partial charge in [-0.3, -0.25) is 9.59 Å². The molecule has 0 fully saturated rings. The Morgan fingerprint density at radius 2 is 1.96 bits per heavy atom. The number of carboxylic acid groups (broad SMARTS) is 1. The fraction of sp³-hybridized carbons (Fsp3) is 0.444. The Morgan fingerprint density at radius 3 is 2.58 bits per heavy atom. The van der Waals surface area contributed by atoms with Crippen LogP contribution < -0.4 is 10.1 Å². The average molecular weight is 361 g/mol. The molecule has 140 valence electrons. The second-order valence-corrected chi connectivity index (χ2v) is 6.53. The van der Waals surface area contributed by atoms with E-state index in [2.05, 4.69) is 15.5 Å². The molecule has 0 radical (unpaired) electrons. The predicted octanol–water partition coefficient (Wildman–Crippen LogP) is 2.29. The van der Waals surface area contributed by atoms with Crippen molar-refractivity contribution in [3.05, 3.63) is 30.2 Å². The number of rotatable bonds is 9. The Balaban J connectivity index is 1.80. The molecule has 0 aliphatic heterocycles. The number of aryl methyl sites for hydroxylation is 1. The minimum atomic E-state index is -0.885. The van der Waals surface area contributed by atoms with E-state index < -0.39 is 11.4 Å². The monoisotopic (exact) mass is 361 g/mol. The first-order valence-electron chi connectivity index (χ1n) is 8.29. The van der Waals surface area contributed by atoms with Gasteiger partial charge in [-0.25, -0.2) is 0 Å². The van der Waals surface area contributed by atoms with Gasteiger partial charge in [0.25, 0.3) is 0 Å². The van der Waals surface area contributed by atoms with Crippen LogP contribution in [0.2, 0.25) is 0 Å². The third kappa shape index (κ3) is 5.30. The highest BCUT2D eigenvalue weighted by atomic mass is 16.5. The highest BCUT2D eigenvalue weighted by Gasteiger charge is 2.26. The molecule has 1 aromatic heterocycles. The number of nitrogens with one attached hydrogen (secondary N) is 1. The first-order valence-corrected chi connectivity index (χ1v) is 8.29. The van der Waals surface area contributed by atoms with Crippen LogP contribution in [-0.4, -0.2) is 40.8 Å². The SMILES string of the molecule is COc1ccc(-c2noc(CCC(=O)NCCC(C)(C)C(=O)O)n2)cc1. The maximum Gasteiger partial charge on any atom is 0.309 e. The van der Waals surface area contributed by atoms with Crippen molar-refractivity contribution in [3.63, 3.8) is 0 Å². The summed E-state index contributed by atoms with van der Waals surface area (Å²) in [5.74, 6) is 0.488. The van der Waals surface area contributed by atoms with Gasteiger partial charge in [-0.1, -0.05) is 5.16 Å². The van der Waals surface area contributed by atoms with Crippen LogP contribution in [0, 0.1) is 5.41 Å². The first-order chi connectivity index (χ1) is 12.3. The molecule has 26 heavy (non-hydrogen) atoms. The number of methoxy groups -OCH3 is 1. The van der Waals surface area contributed by atoms with Crippen molar-refractivity contribution in [2.45, 2.75) is 33.1 Å². The topological polar surface area (TPSA) is 115 Å². The van der Waals surface area contributed by atoms with Crippen LogP contribution in [-0.2, 0) is 16.0 Å². The fourth-order valence-electron chi connectivity index (χ4n) is 2.14. The molecule has 1 amide bonds. The average Bonchev–Trinajstić information content (AvgIpc) is 3.09. The molecule has 0 bridgehead atoms. The number of ether oxygens (including phenoxy) is 1. The van der Waals surface area contributed by atoms with Gasteiger partial charge in [0.1, 0.15) is 5.75 Å². The quantitative estimate of drug-likeness (QED) is 0.704. The number of benzene rings is 1. The number of nitrogens with zero attached hydrogens (tertiary/aromatic N) is 2. The molecule has 1 aromatic carbocycles. The van der Waals surface area contributed by atoms with Crippen LogP contribution in [0.3, 0.4) is 0 Å². The van der Waals surface area contributed by atoms with Gasteiger partial charge in [0.2, 0.25) is 17.6 Å². The second kappa shape index (κ2) is 8.46. The molecule has 0 aliphatic carbocycles. The van der Waals surface area contributed by atoms with Crippen LogP contribution >= 0.6 is 0 Å². The van der Waals surface area contributed by atoms with Gasteiger partial charge in [0.05, 0.1) is 12.5 Å². The fourth-order valence-corrected chi connectivity index (χ4v) is 2.14. The summed E-state index contributed by atoms with van der Waals surface area (Å²) in [4.78, 5) is 27.1. The summed E-state index contributed by atoms with van der Waals surface area (Å²) in [5.41, 5.74) is -0.0753. The van der Waals surface area contributed by atoms with Crippen molar-refractivity contribution >= 4 is 11.9 Å². The van der Waals surface area contributed by atoms with Crippen molar-refractivity contribution in [1.29, 1.82) is 0 Å². The van der Waals surface area contributed by atoms with Gasteiger partial charge in [0.15, 0.2) is 0 Å². The van der Waals surface area contributed by atoms with E-state index in [9.17, 15) is 9.59 Å². The molecule has 8 nitrogen and oxygen atoms in total. The van der Waals surface area contributed by atoms with E-state index in [1.54, 1.807) is 33.1 Å². The van der Waals surface area contributed by atoms with E-state index in [1.807, 2.05) is 12.1 Å². The van der Waals surface area contributed by atoms with Gasteiger partial charge in [-0.05, 0) is 44.5 Å². The molecule has 0 aliphatic rings. The molecular formula is C18H23N3O5. The van der Waals surface area contributed by atoms with E-state index in [1.165, 1.54) is 0 Å². The van der Waals surface area contributed by atoms with Crippen molar-refractivity contribution in [2.24, 2.45) is 5.41 Å². The lowest BCUT2D eigenvalue weighted by atomic mass is 9.90. The lowest BCUT2D eigenvalue weighted by Crippen LogP contribution is -2.32. The molecule has 0 atom stereocenters. The van der Waals surface area contributed by atoms with Crippen LogP contribution in [0.4, 0.5) is 0 Å². The summed E-state index contributed by atoms with van der Waals surface area (Å²) in [7, 11) is 1.59. The lowest BCUT2D eigenvalue weighted by Gasteiger charge is -2.18. The number of aromatic nitrogens is 2. The largest absolute Gasteiger partial charge is 0.497 e. The van der Waals surface area contributed by atoms with Gasteiger partial charge in [-0.15, -0.1) is 0 Å². The number of hydrogen-bond donors (Lipinski definition) is 2. The zero-order chi connectivity index (χ0) is 19.2. The normalized spacial score (nSPS) is 11.2. The first kappa shape index (κ1) is 19.4. The van der Waals surface area contributed by atoms with E-state index in [0.29, 0.717) is 31.1 Å². The molecule has 8 heteroatoms. The van der Waals surface area contributed by atoms with Crippen molar-refractivity contribution in [2.75, 3.05) is 13.7 Å². The van der Waals surface area contributed by atoms with E-state index >= 15 is 0 Å². The van der Waals surface area contributed by atoms with Gasteiger partial charge < -0.3 is 19.7 Å². The summed E-state index contributed by atoms with van der Waals surface area (Å²) < 4.78 is 10.3. The lowest BCUT2D eigenvalue weighted by molar-refractivity contribution is -0.147. The minimum absolute atomic E-state index is 0.185. The van der Waals surface area contributed by atoms with E-state index in [-0.39, 0.29) is 12.3 Å². The number of carbonyl (C=O) groups is 2. The highest BCUT2D eigenvalue weighted by molar-refractivity contribution is 5.76. The van der Waals surface area contributed by atoms with Crippen LogP contribution in [0.1, 0.15) is 32.6 Å². The second-order valence-electron chi connectivity index (χ2n) is 6.53. The summed E-state index contributed by atoms with van der Waals surface area (Å²) in [6.07, 6.45) is 0.866. The van der Waals surface area contributed by atoms with Crippen LogP contribution in [0.5, 0.6) is 5.75 Å². The molecular weight excluding hydrogens is 338 g/mol. The third-order valence-electron chi connectivity index (χ3n) is 4.03. The highest BCUT2D eigenvalue weighted by Crippen LogP contribution is 2.20. The number of carbonyl (C=O) groups excluding carboxylic acids is 1. The number of aliphatic carboxylic acids is 1. The Kier molecular flexibility index (Phi) is 6.32. The standard InChI is InChI=1S/C18H23N3O5/c1-18(2,17(23)24)10-11-19-14(22)8-9-15-20-16(21-26-15)12-4-6-13(25-3)7-5-12/h4-7H,8-11H2,1-3H3,(H,19,22)(H,23,24). The number of hydrogen-bond acceptors (Lipinski definition) is 6. The Morgan fingerprint density at radius 1 is 1.27 bits per heavy atom. The van der Waals surface area contributed by atoms with Gasteiger partial charge in [-0.2, -0.15) is 4.98 Å². The van der Waals surface area contributed by atoms with Crippen LogP contribution in [0.25, 0.3) is 11.4 Å². The number of carboxylic acids is 1. The summed E-state index contributed by atoms with van der Waals surface area (Å²) in [5, 5.41) is 15.7. The Labute approximate surface area is 151 Å². The molecule has 2 rings (SSSR count).